The average Bonchev–Trinajstić information content (AvgIpc) is 2.84. The SMILES string of the molecule is CC1(c2ccccc2)OCC(CN2CCNCC2)O1. The first-order valence-corrected chi connectivity index (χ1v) is 7.07. The number of hydrogen-bond donors (Lipinski definition) is 1. The van der Waals surface area contributed by atoms with Crippen molar-refractivity contribution in [2.75, 3.05) is 39.3 Å². The van der Waals surface area contributed by atoms with Crippen LogP contribution in [0.5, 0.6) is 0 Å². The third-order valence-corrected chi connectivity index (χ3v) is 3.91. The van der Waals surface area contributed by atoms with E-state index >= 15 is 0 Å². The van der Waals surface area contributed by atoms with Crippen LogP contribution in [0.2, 0.25) is 0 Å². The number of rotatable bonds is 3. The van der Waals surface area contributed by atoms with Crippen molar-refractivity contribution in [3.05, 3.63) is 35.9 Å². The summed E-state index contributed by atoms with van der Waals surface area (Å²) in [6.07, 6.45) is 0.170. The molecule has 1 N–H and O–H groups in total. The van der Waals surface area contributed by atoms with Gasteiger partial charge in [0.05, 0.1) is 12.7 Å². The highest BCUT2D eigenvalue weighted by molar-refractivity contribution is 5.20. The van der Waals surface area contributed by atoms with Gasteiger partial charge in [0, 0.05) is 38.3 Å². The summed E-state index contributed by atoms with van der Waals surface area (Å²) in [5, 5.41) is 3.37. The first kappa shape index (κ1) is 13.1. The van der Waals surface area contributed by atoms with Crippen LogP contribution in [0.3, 0.4) is 0 Å². The molecule has 0 aliphatic carbocycles. The molecule has 2 unspecified atom stereocenters. The van der Waals surface area contributed by atoms with Gasteiger partial charge >= 0.3 is 0 Å². The van der Waals surface area contributed by atoms with Crippen molar-refractivity contribution in [2.24, 2.45) is 0 Å². The second kappa shape index (κ2) is 5.59. The minimum atomic E-state index is -0.583. The molecule has 1 aromatic carbocycles. The molecule has 0 aromatic heterocycles. The van der Waals surface area contributed by atoms with E-state index in [9.17, 15) is 0 Å². The lowest BCUT2D eigenvalue weighted by Gasteiger charge is -2.30. The number of ether oxygens (including phenoxy) is 2. The summed E-state index contributed by atoms with van der Waals surface area (Å²) in [6, 6.07) is 10.2. The topological polar surface area (TPSA) is 33.7 Å². The van der Waals surface area contributed by atoms with Crippen LogP contribution in [0, 0.1) is 0 Å². The van der Waals surface area contributed by atoms with Gasteiger partial charge in [-0.25, -0.2) is 0 Å². The minimum absolute atomic E-state index is 0.170. The van der Waals surface area contributed by atoms with Crippen molar-refractivity contribution < 1.29 is 9.47 Å². The number of piperazine rings is 1. The van der Waals surface area contributed by atoms with Crippen molar-refractivity contribution in [2.45, 2.75) is 18.8 Å². The summed E-state index contributed by atoms with van der Waals surface area (Å²) in [4.78, 5) is 2.45. The molecule has 19 heavy (non-hydrogen) atoms. The molecule has 0 bridgehead atoms. The van der Waals surface area contributed by atoms with E-state index < -0.39 is 5.79 Å². The predicted octanol–water partition coefficient (Wildman–Crippen LogP) is 1.18. The van der Waals surface area contributed by atoms with Crippen molar-refractivity contribution in [1.82, 2.24) is 10.2 Å². The van der Waals surface area contributed by atoms with Gasteiger partial charge in [0.25, 0.3) is 0 Å². The molecule has 2 saturated heterocycles. The highest BCUT2D eigenvalue weighted by Crippen LogP contribution is 2.33. The lowest BCUT2D eigenvalue weighted by Crippen LogP contribution is -2.46. The van der Waals surface area contributed by atoms with E-state index in [-0.39, 0.29) is 6.10 Å². The number of nitrogens with one attached hydrogen (secondary N) is 1. The van der Waals surface area contributed by atoms with Gasteiger partial charge in [-0.05, 0) is 6.92 Å². The zero-order valence-corrected chi connectivity index (χ0v) is 11.5. The molecular formula is C15H22N2O2. The van der Waals surface area contributed by atoms with Crippen LogP contribution in [0.15, 0.2) is 30.3 Å². The summed E-state index contributed by atoms with van der Waals surface area (Å²) in [5.41, 5.74) is 1.10. The van der Waals surface area contributed by atoms with Gasteiger partial charge in [0.2, 0.25) is 0 Å². The van der Waals surface area contributed by atoms with Crippen molar-refractivity contribution in [1.29, 1.82) is 0 Å². The fourth-order valence-corrected chi connectivity index (χ4v) is 2.80. The van der Waals surface area contributed by atoms with Gasteiger partial charge in [0.1, 0.15) is 0 Å². The summed E-state index contributed by atoms with van der Waals surface area (Å²) in [7, 11) is 0. The Morgan fingerprint density at radius 3 is 2.74 bits per heavy atom. The van der Waals surface area contributed by atoms with Crippen LogP contribution in [-0.4, -0.2) is 50.3 Å². The van der Waals surface area contributed by atoms with Gasteiger partial charge in [0.15, 0.2) is 5.79 Å². The Balaban J connectivity index is 1.60. The molecule has 104 valence electrons. The highest BCUT2D eigenvalue weighted by atomic mass is 16.7. The van der Waals surface area contributed by atoms with E-state index in [1.807, 2.05) is 25.1 Å². The van der Waals surface area contributed by atoms with Crippen LogP contribution in [0.25, 0.3) is 0 Å². The van der Waals surface area contributed by atoms with E-state index in [0.29, 0.717) is 6.61 Å². The molecule has 2 fully saturated rings. The van der Waals surface area contributed by atoms with Crippen LogP contribution in [-0.2, 0) is 15.3 Å². The number of hydrogen-bond acceptors (Lipinski definition) is 4. The van der Waals surface area contributed by atoms with Crippen LogP contribution < -0.4 is 5.32 Å². The molecule has 4 heteroatoms. The van der Waals surface area contributed by atoms with Crippen LogP contribution in [0.4, 0.5) is 0 Å². The molecule has 1 aromatic rings. The maximum Gasteiger partial charge on any atom is 0.192 e. The molecule has 2 aliphatic rings. The fraction of sp³-hybridized carbons (Fsp3) is 0.600. The van der Waals surface area contributed by atoms with Gasteiger partial charge in [-0.3, -0.25) is 4.90 Å². The van der Waals surface area contributed by atoms with Gasteiger partial charge in [-0.15, -0.1) is 0 Å². The van der Waals surface area contributed by atoms with Gasteiger partial charge in [-0.1, -0.05) is 30.3 Å². The van der Waals surface area contributed by atoms with Crippen LogP contribution in [0.1, 0.15) is 12.5 Å². The largest absolute Gasteiger partial charge is 0.343 e. The van der Waals surface area contributed by atoms with Gasteiger partial charge in [-0.2, -0.15) is 0 Å². The molecule has 3 rings (SSSR count). The number of nitrogens with zero attached hydrogens (tertiary/aromatic N) is 1. The molecule has 0 spiro atoms. The maximum atomic E-state index is 6.15. The molecular weight excluding hydrogens is 240 g/mol. The molecule has 2 aliphatic heterocycles. The normalized spacial score (nSPS) is 32.6. The molecule has 0 radical (unpaired) electrons. The zero-order valence-electron chi connectivity index (χ0n) is 11.5. The molecule has 0 amide bonds. The van der Waals surface area contributed by atoms with Gasteiger partial charge < -0.3 is 14.8 Å². The van der Waals surface area contributed by atoms with Crippen molar-refractivity contribution in [3.63, 3.8) is 0 Å². The second-order valence-corrected chi connectivity index (χ2v) is 5.41. The fourth-order valence-electron chi connectivity index (χ4n) is 2.80. The zero-order chi connectivity index (χ0) is 13.1. The minimum Gasteiger partial charge on any atom is -0.343 e. The lowest BCUT2D eigenvalue weighted by atomic mass is 10.1. The van der Waals surface area contributed by atoms with Crippen molar-refractivity contribution >= 4 is 0 Å². The Labute approximate surface area is 114 Å². The summed E-state index contributed by atoms with van der Waals surface area (Å²) >= 11 is 0. The number of benzene rings is 1. The van der Waals surface area contributed by atoms with E-state index in [4.69, 9.17) is 9.47 Å². The monoisotopic (exact) mass is 262 g/mol. The highest BCUT2D eigenvalue weighted by Gasteiger charge is 2.39. The van der Waals surface area contributed by atoms with E-state index in [0.717, 1.165) is 38.3 Å². The standard InChI is InChI=1S/C15H22N2O2/c1-15(13-5-3-2-4-6-13)18-12-14(19-15)11-17-9-7-16-8-10-17/h2-6,14,16H,7-12H2,1H3. The third-order valence-electron chi connectivity index (χ3n) is 3.91. The molecule has 2 heterocycles. The third kappa shape index (κ3) is 2.98. The van der Waals surface area contributed by atoms with Crippen LogP contribution >= 0.6 is 0 Å². The first-order chi connectivity index (χ1) is 9.26. The lowest BCUT2D eigenvalue weighted by molar-refractivity contribution is -0.163. The average molecular weight is 262 g/mol. The summed E-state index contributed by atoms with van der Waals surface area (Å²) in [6.45, 7) is 8.00. The molecule has 2 atom stereocenters. The Bertz CT molecular complexity index is 406. The Kier molecular flexibility index (Phi) is 3.84. The van der Waals surface area contributed by atoms with E-state index in [2.05, 4.69) is 22.3 Å². The first-order valence-electron chi connectivity index (χ1n) is 7.07. The summed E-state index contributed by atoms with van der Waals surface area (Å²) in [5.74, 6) is -0.583. The molecule has 4 nitrogen and oxygen atoms in total. The predicted molar refractivity (Wildman–Crippen MR) is 73.9 cm³/mol. The smallest absolute Gasteiger partial charge is 0.192 e. The van der Waals surface area contributed by atoms with E-state index in [1.54, 1.807) is 0 Å². The summed E-state index contributed by atoms with van der Waals surface area (Å²) < 4.78 is 12.1. The maximum absolute atomic E-state index is 6.15. The molecule has 0 saturated carbocycles. The van der Waals surface area contributed by atoms with Crippen molar-refractivity contribution in [3.8, 4) is 0 Å². The Morgan fingerprint density at radius 2 is 2.00 bits per heavy atom. The van der Waals surface area contributed by atoms with E-state index in [1.165, 1.54) is 0 Å². The second-order valence-electron chi connectivity index (χ2n) is 5.41. The quantitative estimate of drug-likeness (QED) is 0.887. The Hall–Kier alpha value is -0.940. The Morgan fingerprint density at radius 1 is 1.26 bits per heavy atom.